The van der Waals surface area contributed by atoms with Crippen molar-refractivity contribution in [3.63, 3.8) is 0 Å². The smallest absolute Gasteiger partial charge is 0.272 e. The molecule has 0 bridgehead atoms. The second kappa shape index (κ2) is 9.22. The number of hydrazone groups is 1. The molecule has 0 spiro atoms. The maximum Gasteiger partial charge on any atom is 0.272 e. The van der Waals surface area contributed by atoms with E-state index in [1.54, 1.807) is 12.3 Å². The van der Waals surface area contributed by atoms with Gasteiger partial charge >= 0.3 is 0 Å². The van der Waals surface area contributed by atoms with Gasteiger partial charge in [0.15, 0.2) is 0 Å². The lowest BCUT2D eigenvalue weighted by Crippen LogP contribution is -2.18. The van der Waals surface area contributed by atoms with Gasteiger partial charge in [0.05, 0.1) is 29.6 Å². The van der Waals surface area contributed by atoms with Gasteiger partial charge in [-0.1, -0.05) is 60.2 Å². The van der Waals surface area contributed by atoms with E-state index in [0.29, 0.717) is 17.9 Å². The van der Waals surface area contributed by atoms with Gasteiger partial charge in [-0.3, -0.25) is 4.79 Å². The SMILES string of the molecule is CCOc1ccccc1-c1cc(C(=O)N/N=C/c2cccc(C)c2)c2ccccc2n1. The molecule has 0 aliphatic heterocycles. The molecule has 0 aliphatic carbocycles. The summed E-state index contributed by atoms with van der Waals surface area (Å²) in [6, 6.07) is 25.0. The van der Waals surface area contributed by atoms with Gasteiger partial charge in [0, 0.05) is 10.9 Å². The molecule has 0 atom stereocenters. The van der Waals surface area contributed by atoms with Crippen molar-refractivity contribution < 1.29 is 9.53 Å². The zero-order chi connectivity index (χ0) is 21.6. The van der Waals surface area contributed by atoms with Crippen LogP contribution < -0.4 is 10.2 Å². The van der Waals surface area contributed by atoms with Crippen molar-refractivity contribution in [2.24, 2.45) is 5.10 Å². The van der Waals surface area contributed by atoms with Gasteiger partial charge in [0.2, 0.25) is 0 Å². The van der Waals surface area contributed by atoms with E-state index in [4.69, 9.17) is 9.72 Å². The Kier molecular flexibility index (Phi) is 6.03. The summed E-state index contributed by atoms with van der Waals surface area (Å²) in [5.74, 6) is 0.439. The number of amides is 1. The van der Waals surface area contributed by atoms with Crippen molar-refractivity contribution in [3.05, 3.63) is 95.6 Å². The minimum Gasteiger partial charge on any atom is -0.493 e. The van der Waals surface area contributed by atoms with Gasteiger partial charge in [-0.05, 0) is 43.7 Å². The molecule has 0 fully saturated rings. The third-order valence-corrected chi connectivity index (χ3v) is 4.85. The lowest BCUT2D eigenvalue weighted by atomic mass is 10.0. The number of para-hydroxylation sites is 2. The lowest BCUT2D eigenvalue weighted by molar-refractivity contribution is 0.0956. The number of pyridine rings is 1. The predicted octanol–water partition coefficient (Wildman–Crippen LogP) is 5.37. The van der Waals surface area contributed by atoms with Crippen molar-refractivity contribution in [2.75, 3.05) is 6.61 Å². The van der Waals surface area contributed by atoms with Crippen molar-refractivity contribution in [1.29, 1.82) is 0 Å². The number of carbonyl (C=O) groups excluding carboxylic acids is 1. The molecule has 0 saturated carbocycles. The molecule has 1 aromatic heterocycles. The van der Waals surface area contributed by atoms with Crippen LogP contribution in [-0.4, -0.2) is 23.7 Å². The predicted molar refractivity (Wildman–Crippen MR) is 125 cm³/mol. The van der Waals surface area contributed by atoms with E-state index in [1.165, 1.54) is 0 Å². The number of carbonyl (C=O) groups is 1. The lowest BCUT2D eigenvalue weighted by Gasteiger charge is -2.12. The molecule has 4 aromatic rings. The maximum absolute atomic E-state index is 13.0. The molecule has 5 nitrogen and oxygen atoms in total. The molecular weight excluding hydrogens is 386 g/mol. The highest BCUT2D eigenvalue weighted by molar-refractivity contribution is 6.07. The number of ether oxygens (including phenoxy) is 1. The molecule has 154 valence electrons. The number of hydrogen-bond acceptors (Lipinski definition) is 4. The molecule has 4 rings (SSSR count). The van der Waals surface area contributed by atoms with Crippen LogP contribution in [0.1, 0.15) is 28.4 Å². The monoisotopic (exact) mass is 409 g/mol. The van der Waals surface area contributed by atoms with E-state index >= 15 is 0 Å². The van der Waals surface area contributed by atoms with Crippen LogP contribution in [0.5, 0.6) is 5.75 Å². The van der Waals surface area contributed by atoms with Crippen LogP contribution in [0.3, 0.4) is 0 Å². The van der Waals surface area contributed by atoms with Gasteiger partial charge in [-0.25, -0.2) is 10.4 Å². The summed E-state index contributed by atoms with van der Waals surface area (Å²) >= 11 is 0. The molecule has 1 N–H and O–H groups in total. The number of nitrogens with zero attached hydrogens (tertiary/aromatic N) is 2. The Morgan fingerprint density at radius 1 is 1.03 bits per heavy atom. The van der Waals surface area contributed by atoms with Gasteiger partial charge in [0.25, 0.3) is 5.91 Å². The number of fused-ring (bicyclic) bond motifs is 1. The molecule has 0 unspecified atom stereocenters. The third-order valence-electron chi connectivity index (χ3n) is 4.85. The van der Waals surface area contributed by atoms with Crippen LogP contribution >= 0.6 is 0 Å². The summed E-state index contributed by atoms with van der Waals surface area (Å²) < 4.78 is 5.76. The second-order valence-corrected chi connectivity index (χ2v) is 7.11. The van der Waals surface area contributed by atoms with Gasteiger partial charge in [-0.15, -0.1) is 0 Å². The Morgan fingerprint density at radius 3 is 2.68 bits per heavy atom. The normalized spacial score (nSPS) is 11.0. The first-order valence-electron chi connectivity index (χ1n) is 10.2. The molecule has 1 amide bonds. The standard InChI is InChI=1S/C26H23N3O2/c1-3-31-25-14-7-5-12-21(25)24-16-22(20-11-4-6-13-23(20)28-24)26(30)29-27-17-19-10-8-9-18(2)15-19/h4-17H,3H2,1-2H3,(H,29,30)/b27-17+. The number of aryl methyl sites for hydroxylation is 1. The van der Waals surface area contributed by atoms with E-state index in [-0.39, 0.29) is 5.91 Å². The van der Waals surface area contributed by atoms with E-state index in [0.717, 1.165) is 33.3 Å². The Morgan fingerprint density at radius 2 is 1.84 bits per heavy atom. The molecule has 31 heavy (non-hydrogen) atoms. The van der Waals surface area contributed by atoms with Crippen molar-refractivity contribution in [2.45, 2.75) is 13.8 Å². The average Bonchev–Trinajstić information content (AvgIpc) is 2.79. The summed E-state index contributed by atoms with van der Waals surface area (Å²) in [4.78, 5) is 17.8. The van der Waals surface area contributed by atoms with E-state index in [1.807, 2.05) is 86.6 Å². The minimum atomic E-state index is -0.294. The first-order chi connectivity index (χ1) is 15.2. The maximum atomic E-state index is 13.0. The highest BCUT2D eigenvalue weighted by atomic mass is 16.5. The molecule has 5 heteroatoms. The van der Waals surface area contributed by atoms with Crippen molar-refractivity contribution in [1.82, 2.24) is 10.4 Å². The molecule has 1 heterocycles. The number of rotatable bonds is 6. The van der Waals surface area contributed by atoms with Crippen LogP contribution in [0.4, 0.5) is 0 Å². The van der Waals surface area contributed by atoms with Gasteiger partial charge in [0.1, 0.15) is 5.75 Å². The number of hydrogen-bond donors (Lipinski definition) is 1. The zero-order valence-electron chi connectivity index (χ0n) is 17.5. The van der Waals surface area contributed by atoms with Crippen LogP contribution in [0, 0.1) is 6.92 Å². The van der Waals surface area contributed by atoms with E-state index < -0.39 is 0 Å². The van der Waals surface area contributed by atoms with Crippen LogP contribution in [0.15, 0.2) is 84.0 Å². The molecular formula is C26H23N3O2. The highest BCUT2D eigenvalue weighted by Gasteiger charge is 2.15. The van der Waals surface area contributed by atoms with E-state index in [9.17, 15) is 4.79 Å². The second-order valence-electron chi connectivity index (χ2n) is 7.11. The Balaban J connectivity index is 1.71. The van der Waals surface area contributed by atoms with Crippen molar-refractivity contribution >= 4 is 23.0 Å². The Bertz CT molecular complexity index is 1260. The molecule has 0 aliphatic rings. The Hall–Kier alpha value is -3.99. The number of benzene rings is 3. The first-order valence-corrected chi connectivity index (χ1v) is 10.2. The average molecular weight is 409 g/mol. The van der Waals surface area contributed by atoms with E-state index in [2.05, 4.69) is 10.5 Å². The zero-order valence-corrected chi connectivity index (χ0v) is 17.5. The Labute approximate surface area is 181 Å². The van der Waals surface area contributed by atoms with Gasteiger partial charge in [-0.2, -0.15) is 5.10 Å². The minimum absolute atomic E-state index is 0.294. The fourth-order valence-corrected chi connectivity index (χ4v) is 3.44. The summed E-state index contributed by atoms with van der Waals surface area (Å²) in [6.45, 7) is 4.50. The molecule has 0 radical (unpaired) electrons. The molecule has 0 saturated heterocycles. The fraction of sp³-hybridized carbons (Fsp3) is 0.115. The summed E-state index contributed by atoms with van der Waals surface area (Å²) in [7, 11) is 0. The summed E-state index contributed by atoms with van der Waals surface area (Å²) in [5, 5.41) is 4.91. The highest BCUT2D eigenvalue weighted by Crippen LogP contribution is 2.31. The quantitative estimate of drug-likeness (QED) is 0.344. The van der Waals surface area contributed by atoms with Crippen LogP contribution in [-0.2, 0) is 0 Å². The molecule has 3 aromatic carbocycles. The first kappa shape index (κ1) is 20.3. The fourth-order valence-electron chi connectivity index (χ4n) is 3.44. The summed E-state index contributed by atoms with van der Waals surface area (Å²) in [6.07, 6.45) is 1.64. The largest absolute Gasteiger partial charge is 0.493 e. The number of nitrogens with one attached hydrogen (secondary N) is 1. The third kappa shape index (κ3) is 4.61. The number of aromatic nitrogens is 1. The summed E-state index contributed by atoms with van der Waals surface area (Å²) in [5.41, 5.74) is 7.46. The van der Waals surface area contributed by atoms with Crippen LogP contribution in [0.2, 0.25) is 0 Å². The topological polar surface area (TPSA) is 63.6 Å². The van der Waals surface area contributed by atoms with Crippen LogP contribution in [0.25, 0.3) is 22.2 Å². The van der Waals surface area contributed by atoms with Gasteiger partial charge < -0.3 is 4.74 Å². The van der Waals surface area contributed by atoms with Crippen molar-refractivity contribution in [3.8, 4) is 17.0 Å².